The van der Waals surface area contributed by atoms with Crippen molar-refractivity contribution in [2.24, 2.45) is 12.9 Å². The number of hydrazine groups is 1. The number of hydrogen-bond donors (Lipinski definition) is 2. The lowest BCUT2D eigenvalue weighted by molar-refractivity contribution is -0.144. The zero-order valence-corrected chi connectivity index (χ0v) is 8.98. The monoisotopic (exact) mass is 286 g/mol. The number of nitrogens with one attached hydrogen (secondary N) is 1. The van der Waals surface area contributed by atoms with Gasteiger partial charge in [0.15, 0.2) is 11.4 Å². The molecule has 0 saturated carbocycles. The number of halogens is 4. The number of carbonyl (C=O) groups excluding carboxylic acids is 1. The topological polar surface area (TPSA) is 72.9 Å². The average Bonchev–Trinajstić information content (AvgIpc) is 2.39. The molecule has 0 aliphatic heterocycles. The Morgan fingerprint density at radius 2 is 2.13 bits per heavy atom. The molecular weight excluding hydrogens is 281 g/mol. The number of nitrogens with zero attached hydrogens (tertiary/aromatic N) is 2. The largest absolute Gasteiger partial charge is 0.434 e. The van der Waals surface area contributed by atoms with Crippen LogP contribution in [-0.2, 0) is 13.2 Å². The third-order valence-corrected chi connectivity index (χ3v) is 2.36. The lowest BCUT2D eigenvalue weighted by Gasteiger charge is -2.06. The lowest BCUT2D eigenvalue weighted by atomic mass is 10.3. The maximum absolute atomic E-state index is 12.4. The van der Waals surface area contributed by atoms with E-state index in [0.717, 1.165) is 7.05 Å². The SMILES string of the molecule is Cn1nc(C(=O)NN)c(Br)c1C(F)(F)F. The van der Waals surface area contributed by atoms with Crippen molar-refractivity contribution in [2.45, 2.75) is 6.18 Å². The third kappa shape index (κ3) is 2.12. The molecular formula is C6H6BrF3N4O. The van der Waals surface area contributed by atoms with Crippen molar-refractivity contribution >= 4 is 21.8 Å². The number of aromatic nitrogens is 2. The fraction of sp³-hybridized carbons (Fsp3) is 0.333. The van der Waals surface area contributed by atoms with E-state index in [1.165, 1.54) is 0 Å². The van der Waals surface area contributed by atoms with Gasteiger partial charge in [-0.15, -0.1) is 0 Å². The van der Waals surface area contributed by atoms with E-state index >= 15 is 0 Å². The molecule has 1 aromatic heterocycles. The van der Waals surface area contributed by atoms with Gasteiger partial charge in [0, 0.05) is 7.05 Å². The normalized spacial score (nSPS) is 11.6. The van der Waals surface area contributed by atoms with Crippen LogP contribution in [0.3, 0.4) is 0 Å². The molecule has 15 heavy (non-hydrogen) atoms. The van der Waals surface area contributed by atoms with Crippen molar-refractivity contribution in [3.63, 3.8) is 0 Å². The van der Waals surface area contributed by atoms with Gasteiger partial charge in [0.05, 0.1) is 4.47 Å². The van der Waals surface area contributed by atoms with Gasteiger partial charge in [-0.25, -0.2) is 5.84 Å². The molecule has 3 N–H and O–H groups in total. The highest BCUT2D eigenvalue weighted by Gasteiger charge is 2.39. The minimum Gasteiger partial charge on any atom is -0.289 e. The second-order valence-electron chi connectivity index (χ2n) is 2.61. The summed E-state index contributed by atoms with van der Waals surface area (Å²) >= 11 is 2.66. The molecule has 0 fully saturated rings. The van der Waals surface area contributed by atoms with E-state index in [4.69, 9.17) is 5.84 Å². The average molecular weight is 287 g/mol. The van der Waals surface area contributed by atoms with Crippen LogP contribution in [0.1, 0.15) is 16.2 Å². The van der Waals surface area contributed by atoms with Gasteiger partial charge in [-0.2, -0.15) is 18.3 Å². The summed E-state index contributed by atoms with van der Waals surface area (Å²) in [5, 5.41) is 3.41. The number of hydrogen-bond acceptors (Lipinski definition) is 3. The van der Waals surface area contributed by atoms with Gasteiger partial charge in [-0.1, -0.05) is 0 Å². The second kappa shape index (κ2) is 3.81. The smallest absolute Gasteiger partial charge is 0.289 e. The molecule has 0 atom stereocenters. The first kappa shape index (κ1) is 12.0. The molecule has 1 aromatic rings. The quantitative estimate of drug-likeness (QED) is 0.456. The summed E-state index contributed by atoms with van der Waals surface area (Å²) < 4.78 is 37.4. The van der Waals surface area contributed by atoms with E-state index in [-0.39, 0.29) is 0 Å². The first-order valence-electron chi connectivity index (χ1n) is 3.59. The summed E-state index contributed by atoms with van der Waals surface area (Å²) in [6, 6.07) is 0. The Morgan fingerprint density at radius 3 is 2.47 bits per heavy atom. The van der Waals surface area contributed by atoms with Gasteiger partial charge in [-0.3, -0.25) is 14.9 Å². The predicted molar refractivity (Wildman–Crippen MR) is 47.6 cm³/mol. The highest BCUT2D eigenvalue weighted by atomic mass is 79.9. The molecule has 0 radical (unpaired) electrons. The summed E-state index contributed by atoms with van der Waals surface area (Å²) in [4.78, 5) is 11.0. The molecule has 0 unspecified atom stereocenters. The standard InChI is InChI=1S/C6H6BrF3N4O/c1-14-4(6(8,9)10)2(7)3(13-14)5(15)12-11/h11H2,1H3,(H,12,15). The molecule has 0 spiro atoms. The molecule has 84 valence electrons. The van der Waals surface area contributed by atoms with Crippen molar-refractivity contribution in [3.8, 4) is 0 Å². The van der Waals surface area contributed by atoms with Crippen molar-refractivity contribution in [3.05, 3.63) is 15.9 Å². The van der Waals surface area contributed by atoms with E-state index in [1.807, 2.05) is 0 Å². The van der Waals surface area contributed by atoms with Crippen molar-refractivity contribution in [1.29, 1.82) is 0 Å². The van der Waals surface area contributed by atoms with Gasteiger partial charge in [-0.05, 0) is 15.9 Å². The molecule has 0 aromatic carbocycles. The third-order valence-electron chi connectivity index (χ3n) is 1.60. The Labute approximate surface area is 90.5 Å². The van der Waals surface area contributed by atoms with Crippen LogP contribution >= 0.6 is 15.9 Å². The molecule has 1 rings (SSSR count). The van der Waals surface area contributed by atoms with Crippen LogP contribution in [0, 0.1) is 0 Å². The maximum atomic E-state index is 12.4. The Bertz CT molecular complexity index is 400. The molecule has 0 saturated heterocycles. The Balaban J connectivity index is 3.33. The number of alkyl halides is 3. The van der Waals surface area contributed by atoms with Gasteiger partial charge in [0.2, 0.25) is 0 Å². The first-order chi connectivity index (χ1) is 6.79. The molecule has 0 aliphatic rings. The summed E-state index contributed by atoms with van der Waals surface area (Å²) in [6.45, 7) is 0. The number of aryl methyl sites for hydroxylation is 1. The highest BCUT2D eigenvalue weighted by Crippen LogP contribution is 2.35. The van der Waals surface area contributed by atoms with E-state index in [0.29, 0.717) is 4.68 Å². The molecule has 9 heteroatoms. The molecule has 0 bridgehead atoms. The van der Waals surface area contributed by atoms with Crippen LogP contribution in [0.4, 0.5) is 13.2 Å². The summed E-state index contributed by atoms with van der Waals surface area (Å²) in [7, 11) is 1.08. The fourth-order valence-electron chi connectivity index (χ4n) is 1.02. The second-order valence-corrected chi connectivity index (χ2v) is 3.40. The van der Waals surface area contributed by atoms with Crippen LogP contribution in [0.2, 0.25) is 0 Å². The van der Waals surface area contributed by atoms with Gasteiger partial charge >= 0.3 is 6.18 Å². The van der Waals surface area contributed by atoms with Crippen LogP contribution in [-0.4, -0.2) is 15.7 Å². The van der Waals surface area contributed by atoms with Crippen LogP contribution in [0.15, 0.2) is 4.47 Å². The van der Waals surface area contributed by atoms with Crippen LogP contribution < -0.4 is 11.3 Å². The Hall–Kier alpha value is -1.09. The zero-order chi connectivity index (χ0) is 11.8. The Kier molecular flexibility index (Phi) is 3.05. The summed E-state index contributed by atoms with van der Waals surface area (Å²) in [5.74, 6) is 3.90. The van der Waals surface area contributed by atoms with Gasteiger partial charge in [0.25, 0.3) is 5.91 Å². The van der Waals surface area contributed by atoms with E-state index in [9.17, 15) is 18.0 Å². The highest BCUT2D eigenvalue weighted by molar-refractivity contribution is 9.10. The van der Waals surface area contributed by atoms with Crippen LogP contribution in [0.5, 0.6) is 0 Å². The van der Waals surface area contributed by atoms with Gasteiger partial charge in [0.1, 0.15) is 0 Å². The molecule has 5 nitrogen and oxygen atoms in total. The van der Waals surface area contributed by atoms with E-state index in [1.54, 1.807) is 5.43 Å². The number of rotatable bonds is 1. The minimum atomic E-state index is -4.59. The van der Waals surface area contributed by atoms with E-state index < -0.39 is 27.9 Å². The van der Waals surface area contributed by atoms with Gasteiger partial charge < -0.3 is 0 Å². The van der Waals surface area contributed by atoms with Crippen molar-refractivity contribution in [1.82, 2.24) is 15.2 Å². The van der Waals surface area contributed by atoms with Crippen LogP contribution in [0.25, 0.3) is 0 Å². The molecule has 1 amide bonds. The summed E-state index contributed by atoms with van der Waals surface area (Å²) in [5.41, 5.74) is 0.251. The fourth-order valence-corrected chi connectivity index (χ4v) is 1.76. The predicted octanol–water partition coefficient (Wildman–Crippen LogP) is 0.805. The number of carbonyl (C=O) groups is 1. The number of nitrogen functional groups attached to an aromatic ring is 1. The first-order valence-corrected chi connectivity index (χ1v) is 4.39. The lowest BCUT2D eigenvalue weighted by Crippen LogP contribution is -2.30. The molecule has 1 heterocycles. The zero-order valence-electron chi connectivity index (χ0n) is 7.39. The number of nitrogens with two attached hydrogens (primary N) is 1. The minimum absolute atomic E-state index is 0.410. The number of amides is 1. The summed E-state index contributed by atoms with van der Waals surface area (Å²) in [6.07, 6.45) is -4.59. The molecule has 0 aliphatic carbocycles. The maximum Gasteiger partial charge on any atom is 0.434 e. The van der Waals surface area contributed by atoms with E-state index in [2.05, 4.69) is 21.0 Å². The van der Waals surface area contributed by atoms with Crippen molar-refractivity contribution in [2.75, 3.05) is 0 Å². The Morgan fingerprint density at radius 1 is 1.60 bits per heavy atom. The van der Waals surface area contributed by atoms with Crippen molar-refractivity contribution < 1.29 is 18.0 Å².